The largest absolute Gasteiger partial charge is 1.00 e. The summed E-state index contributed by atoms with van der Waals surface area (Å²) in [6.45, 7) is 17.9. The normalized spacial score (nSPS) is 20.8. The maximum Gasteiger partial charge on any atom is 0.494 e. The number of halogens is 1. The Bertz CT molecular complexity index is 2480. The standard InChI is InChI=1S/C53H61BN3O4.HI/c1-50(2)42-23-14-16-25-44(42)55(9)46(50)33-29-39-21-18-22-40(30-34-47-51(3,4)43-24-15-17-26-45(43)56(47)10)48(39)57(35-37-19-12-11-13-20-37)49(58)59-36-38-27-31-41(32-28-38)54-60-52(5,6)53(7,8)61-54;/h11-17,19-20,23-34H,18,21-22,35-36H2,1-10H3;1H/q+1;/p-1. The molecule has 7 nitrogen and oxygen atoms in total. The number of fused-ring (bicyclic) bond motifs is 2. The Morgan fingerprint density at radius 2 is 1.39 bits per heavy atom. The van der Waals surface area contributed by atoms with Crippen LogP contribution in [0.3, 0.4) is 0 Å². The van der Waals surface area contributed by atoms with Gasteiger partial charge in [-0.1, -0.05) is 117 Å². The predicted octanol–water partition coefficient (Wildman–Crippen LogP) is 8.07. The molecule has 4 aromatic rings. The Kier molecular flexibility index (Phi) is 12.8. The minimum absolute atomic E-state index is 0. The number of carbonyl (C=O) groups is 1. The highest BCUT2D eigenvalue weighted by atomic mass is 127. The number of ether oxygens (including phenoxy) is 1. The third-order valence-electron chi connectivity index (χ3n) is 13.8. The second kappa shape index (κ2) is 17.5. The molecule has 1 saturated heterocycles. The van der Waals surface area contributed by atoms with E-state index in [1.807, 2.05) is 47.4 Å². The molecule has 0 bridgehead atoms. The van der Waals surface area contributed by atoms with Crippen LogP contribution in [0.5, 0.6) is 0 Å². The molecule has 322 valence electrons. The first-order valence-corrected chi connectivity index (χ1v) is 21.8. The van der Waals surface area contributed by atoms with Crippen LogP contribution in [0.1, 0.15) is 96.9 Å². The highest BCUT2D eigenvalue weighted by Gasteiger charge is 2.51. The fourth-order valence-corrected chi connectivity index (χ4v) is 9.52. The van der Waals surface area contributed by atoms with E-state index in [2.05, 4.69) is 164 Å². The van der Waals surface area contributed by atoms with E-state index in [1.165, 1.54) is 33.9 Å². The van der Waals surface area contributed by atoms with Crippen LogP contribution in [0, 0.1) is 0 Å². The van der Waals surface area contributed by atoms with Crippen molar-refractivity contribution in [3.63, 3.8) is 0 Å². The fourth-order valence-electron chi connectivity index (χ4n) is 9.52. The lowest BCUT2D eigenvalue weighted by atomic mass is 9.79. The summed E-state index contributed by atoms with van der Waals surface area (Å²) in [5.74, 6) is 0. The van der Waals surface area contributed by atoms with E-state index in [1.54, 1.807) is 0 Å². The minimum atomic E-state index is -0.460. The van der Waals surface area contributed by atoms with Gasteiger partial charge in [-0.25, -0.2) is 4.79 Å². The van der Waals surface area contributed by atoms with Crippen molar-refractivity contribution in [1.82, 2.24) is 4.90 Å². The van der Waals surface area contributed by atoms with Crippen molar-refractivity contribution in [2.75, 3.05) is 19.0 Å². The summed E-state index contributed by atoms with van der Waals surface area (Å²) in [5.41, 5.74) is 12.3. The van der Waals surface area contributed by atoms with Gasteiger partial charge in [0.2, 0.25) is 5.69 Å². The summed E-state index contributed by atoms with van der Waals surface area (Å²) in [6.07, 6.45) is 11.3. The molecule has 0 aromatic heterocycles. The molecule has 0 unspecified atom stereocenters. The van der Waals surface area contributed by atoms with E-state index in [0.29, 0.717) is 6.54 Å². The van der Waals surface area contributed by atoms with Crippen molar-refractivity contribution in [1.29, 1.82) is 0 Å². The van der Waals surface area contributed by atoms with Crippen LogP contribution in [-0.2, 0) is 38.0 Å². The molecule has 8 rings (SSSR count). The zero-order valence-electron chi connectivity index (χ0n) is 38.1. The second-order valence-corrected chi connectivity index (χ2v) is 19.0. The van der Waals surface area contributed by atoms with Crippen LogP contribution in [0.2, 0.25) is 0 Å². The van der Waals surface area contributed by atoms with E-state index in [0.717, 1.165) is 52.7 Å². The molecule has 4 aliphatic rings. The number of carbonyl (C=O) groups excluding carboxylic acids is 1. The lowest BCUT2D eigenvalue weighted by Gasteiger charge is -2.32. The molecule has 4 aromatic carbocycles. The van der Waals surface area contributed by atoms with E-state index in [4.69, 9.17) is 14.0 Å². The van der Waals surface area contributed by atoms with E-state index in [-0.39, 0.29) is 47.5 Å². The molecular formula is C53H61BIN3O4. The van der Waals surface area contributed by atoms with Gasteiger partial charge in [0.15, 0.2) is 5.71 Å². The fraction of sp³-hybridized carbons (Fsp3) is 0.358. The van der Waals surface area contributed by atoms with Gasteiger partial charge < -0.3 is 42.9 Å². The summed E-state index contributed by atoms with van der Waals surface area (Å²) in [4.78, 5) is 19.0. The number of allylic oxidation sites excluding steroid dienone is 7. The maximum atomic E-state index is 14.8. The summed E-state index contributed by atoms with van der Waals surface area (Å²) in [7, 11) is 3.85. The van der Waals surface area contributed by atoms with Crippen molar-refractivity contribution < 1.29 is 47.4 Å². The zero-order valence-corrected chi connectivity index (χ0v) is 40.2. The first-order valence-electron chi connectivity index (χ1n) is 21.8. The van der Waals surface area contributed by atoms with Crippen molar-refractivity contribution in [3.8, 4) is 0 Å². The smallest absolute Gasteiger partial charge is 0.494 e. The quantitative estimate of drug-likeness (QED) is 0.0967. The van der Waals surface area contributed by atoms with E-state index < -0.39 is 18.3 Å². The molecule has 1 amide bonds. The maximum absolute atomic E-state index is 14.8. The average molecular weight is 942 g/mol. The van der Waals surface area contributed by atoms with Crippen molar-refractivity contribution >= 4 is 35.8 Å². The molecule has 0 saturated carbocycles. The molecule has 0 spiro atoms. The number of nitrogens with zero attached hydrogens (tertiary/aromatic N) is 3. The van der Waals surface area contributed by atoms with Gasteiger partial charge in [-0.15, -0.1) is 0 Å². The molecule has 3 aliphatic heterocycles. The molecule has 0 N–H and O–H groups in total. The Hall–Kier alpha value is -4.71. The first kappa shape index (κ1) is 45.3. The number of hydrogen-bond acceptors (Lipinski definition) is 5. The molecule has 0 atom stereocenters. The van der Waals surface area contributed by atoms with Gasteiger partial charge in [0, 0.05) is 41.6 Å². The van der Waals surface area contributed by atoms with Gasteiger partial charge >= 0.3 is 13.2 Å². The summed E-state index contributed by atoms with van der Waals surface area (Å²) in [5, 5.41) is 0. The lowest BCUT2D eigenvalue weighted by Crippen LogP contribution is -3.00. The number of para-hydroxylation sites is 2. The van der Waals surface area contributed by atoms with Gasteiger partial charge in [-0.05, 0) is 106 Å². The van der Waals surface area contributed by atoms with E-state index in [9.17, 15) is 4.79 Å². The van der Waals surface area contributed by atoms with Gasteiger partial charge in [0.05, 0.1) is 28.9 Å². The number of benzene rings is 4. The van der Waals surface area contributed by atoms with Gasteiger partial charge in [0.25, 0.3) is 0 Å². The highest BCUT2D eigenvalue weighted by Crippen LogP contribution is 2.47. The molecule has 9 heteroatoms. The minimum Gasteiger partial charge on any atom is -1.00 e. The van der Waals surface area contributed by atoms with E-state index >= 15 is 0 Å². The Labute approximate surface area is 387 Å². The lowest BCUT2D eigenvalue weighted by molar-refractivity contribution is -0.401. The predicted molar refractivity (Wildman–Crippen MR) is 249 cm³/mol. The number of hydrogen-bond donors (Lipinski definition) is 0. The summed E-state index contributed by atoms with van der Waals surface area (Å²) in [6, 6.07) is 35.5. The summed E-state index contributed by atoms with van der Waals surface area (Å²) < 4.78 is 21.2. The van der Waals surface area contributed by atoms with Crippen LogP contribution >= 0.6 is 0 Å². The number of anilines is 1. The highest BCUT2D eigenvalue weighted by molar-refractivity contribution is 6.62. The first-order chi connectivity index (χ1) is 29.0. The summed E-state index contributed by atoms with van der Waals surface area (Å²) >= 11 is 0. The van der Waals surface area contributed by atoms with Crippen LogP contribution in [-0.4, -0.2) is 53.7 Å². The van der Waals surface area contributed by atoms with Crippen molar-refractivity contribution in [2.45, 2.75) is 110 Å². The third-order valence-corrected chi connectivity index (χ3v) is 13.8. The molecule has 62 heavy (non-hydrogen) atoms. The van der Waals surface area contributed by atoms with Gasteiger partial charge in [-0.2, -0.15) is 4.58 Å². The monoisotopic (exact) mass is 941 g/mol. The van der Waals surface area contributed by atoms with Gasteiger partial charge in [0.1, 0.15) is 13.7 Å². The van der Waals surface area contributed by atoms with Crippen molar-refractivity contribution in [2.24, 2.45) is 0 Å². The van der Waals surface area contributed by atoms with Crippen LogP contribution in [0.25, 0.3) is 0 Å². The van der Waals surface area contributed by atoms with Gasteiger partial charge in [-0.3, -0.25) is 4.90 Å². The van der Waals surface area contributed by atoms with Crippen molar-refractivity contribution in [3.05, 3.63) is 172 Å². The Morgan fingerprint density at radius 1 is 0.758 bits per heavy atom. The Morgan fingerprint density at radius 3 is 2.05 bits per heavy atom. The number of rotatable bonds is 9. The molecular weight excluding hydrogens is 880 g/mol. The topological polar surface area (TPSA) is 54.3 Å². The number of amides is 1. The SMILES string of the molecule is CN1/C(=C/C=C2\CCCC(/C=C/C3=[N+](C)c4ccccc4C3(C)C)=C2N(Cc2ccccc2)C(=O)OCc2ccc(B3OC(C)(C)C(C)(C)O3)cc2)C(C)(C)c2ccccc21.[I-]. The molecule has 3 heterocycles. The zero-order chi connectivity index (χ0) is 43.3. The van der Waals surface area contributed by atoms with Crippen LogP contribution < -0.4 is 34.3 Å². The number of likely N-dealkylation sites (N-methyl/N-ethyl adjacent to an activating group) is 1. The molecule has 0 radical (unpaired) electrons. The second-order valence-electron chi connectivity index (χ2n) is 19.0. The third kappa shape index (κ3) is 8.40. The van der Waals surface area contributed by atoms with Crippen LogP contribution in [0.15, 0.2) is 150 Å². The Balaban J connectivity index is 0.00000578. The molecule has 1 aliphatic carbocycles. The van der Waals surface area contributed by atoms with Crippen LogP contribution in [0.4, 0.5) is 16.2 Å². The average Bonchev–Trinajstić information content (AvgIpc) is 3.68. The molecule has 1 fully saturated rings.